The van der Waals surface area contributed by atoms with Crippen molar-refractivity contribution < 1.29 is 0 Å². The minimum absolute atomic E-state index is 1.08. The summed E-state index contributed by atoms with van der Waals surface area (Å²) < 4.78 is 2.38. The number of benzene rings is 11. The van der Waals surface area contributed by atoms with Crippen LogP contribution >= 0.6 is 0 Å². The summed E-state index contributed by atoms with van der Waals surface area (Å²) in [7, 11) is 0. The number of aromatic nitrogens is 1. The molecule has 0 spiro atoms. The van der Waals surface area contributed by atoms with Gasteiger partial charge in [-0.05, 0) is 104 Å². The molecule has 2 heteroatoms. The van der Waals surface area contributed by atoms with Crippen LogP contribution in [0, 0.1) is 0 Å². The van der Waals surface area contributed by atoms with Crippen molar-refractivity contribution >= 4 is 60.4 Å². The van der Waals surface area contributed by atoms with Crippen molar-refractivity contribution in [2.45, 2.75) is 0 Å². The van der Waals surface area contributed by atoms with E-state index < -0.39 is 0 Å². The van der Waals surface area contributed by atoms with Gasteiger partial charge < -0.3 is 9.47 Å². The fraction of sp³-hybridized carbons (Fsp3) is 0. The molecule has 12 rings (SSSR count). The Kier molecular flexibility index (Phi) is 9.20. The van der Waals surface area contributed by atoms with E-state index in [9.17, 15) is 0 Å². The average Bonchev–Trinajstić information content (AvgIpc) is 3.71. The minimum Gasteiger partial charge on any atom is -0.309 e. The fourth-order valence-electron chi connectivity index (χ4n) is 9.88. The van der Waals surface area contributed by atoms with Gasteiger partial charge in [0, 0.05) is 33.1 Å². The van der Waals surface area contributed by atoms with Gasteiger partial charge in [-0.25, -0.2) is 0 Å². The summed E-state index contributed by atoms with van der Waals surface area (Å²) in [6.07, 6.45) is 0. The molecule has 0 fully saturated rings. The van der Waals surface area contributed by atoms with Gasteiger partial charge in [-0.15, -0.1) is 0 Å². The van der Waals surface area contributed by atoms with Gasteiger partial charge in [-0.1, -0.05) is 206 Å². The second kappa shape index (κ2) is 15.8. The SMILES string of the molecule is c1ccc(-c2cc(N(c3ccccc3-c3ccccc3)c3ccc(-c4cccc5ccccc45)c4ccccc34)ccc2-c2ccc(-n3c4ccccc4c4ccccc43)cc2)cc1. The van der Waals surface area contributed by atoms with Crippen LogP contribution in [0.2, 0.25) is 0 Å². The van der Waals surface area contributed by atoms with Gasteiger partial charge >= 0.3 is 0 Å². The maximum absolute atomic E-state index is 2.47. The molecule has 11 aromatic carbocycles. The molecule has 0 aliphatic carbocycles. The third-order valence-corrected chi connectivity index (χ3v) is 12.8. The number of fused-ring (bicyclic) bond motifs is 5. The normalized spacial score (nSPS) is 11.4. The number of nitrogens with zero attached hydrogens (tertiary/aromatic N) is 2. The minimum atomic E-state index is 1.08. The first-order chi connectivity index (χ1) is 31.8. The molecule has 2 nitrogen and oxygen atoms in total. The topological polar surface area (TPSA) is 8.17 Å². The van der Waals surface area contributed by atoms with Crippen LogP contribution in [-0.4, -0.2) is 4.57 Å². The Morgan fingerprint density at radius 3 is 1.48 bits per heavy atom. The number of rotatable bonds is 8. The van der Waals surface area contributed by atoms with E-state index in [0.717, 1.165) is 33.9 Å². The molecular formula is C62H42N2. The molecule has 1 heterocycles. The number of hydrogen-bond acceptors (Lipinski definition) is 1. The molecule has 0 aliphatic heterocycles. The number of anilines is 3. The van der Waals surface area contributed by atoms with Crippen molar-refractivity contribution in [1.82, 2.24) is 4.57 Å². The molecule has 0 radical (unpaired) electrons. The largest absolute Gasteiger partial charge is 0.309 e. The lowest BCUT2D eigenvalue weighted by atomic mass is 9.91. The van der Waals surface area contributed by atoms with Gasteiger partial charge in [0.2, 0.25) is 0 Å². The fourth-order valence-corrected chi connectivity index (χ4v) is 9.88. The monoisotopic (exact) mass is 814 g/mol. The summed E-state index contributed by atoms with van der Waals surface area (Å²) in [5.74, 6) is 0. The average molecular weight is 815 g/mol. The lowest BCUT2D eigenvalue weighted by Crippen LogP contribution is -2.12. The summed E-state index contributed by atoms with van der Waals surface area (Å²) in [5, 5.41) is 7.40. The quantitative estimate of drug-likeness (QED) is 0.148. The van der Waals surface area contributed by atoms with Gasteiger partial charge in [0.05, 0.1) is 22.4 Å². The molecule has 0 amide bonds. The summed E-state index contributed by atoms with van der Waals surface area (Å²) >= 11 is 0. The molecular weight excluding hydrogens is 773 g/mol. The highest BCUT2D eigenvalue weighted by Gasteiger charge is 2.23. The van der Waals surface area contributed by atoms with Gasteiger partial charge in [0.25, 0.3) is 0 Å². The van der Waals surface area contributed by atoms with E-state index >= 15 is 0 Å². The first kappa shape index (κ1) is 37.3. The molecule has 0 saturated heterocycles. The molecule has 300 valence electrons. The maximum Gasteiger partial charge on any atom is 0.0541 e. The molecule has 1 aromatic heterocycles. The van der Waals surface area contributed by atoms with Gasteiger partial charge in [-0.2, -0.15) is 0 Å². The van der Waals surface area contributed by atoms with Crippen LogP contribution in [0.25, 0.3) is 93.5 Å². The van der Waals surface area contributed by atoms with Crippen molar-refractivity contribution in [3.63, 3.8) is 0 Å². The van der Waals surface area contributed by atoms with Crippen LogP contribution in [0.15, 0.2) is 255 Å². The Hall–Kier alpha value is -8.46. The Labute approximate surface area is 373 Å². The predicted molar refractivity (Wildman–Crippen MR) is 272 cm³/mol. The maximum atomic E-state index is 2.47. The van der Waals surface area contributed by atoms with E-state index in [1.807, 2.05) is 0 Å². The van der Waals surface area contributed by atoms with Crippen LogP contribution in [0.5, 0.6) is 0 Å². The molecule has 0 aliphatic rings. The Morgan fingerprint density at radius 1 is 0.266 bits per heavy atom. The second-order valence-corrected chi connectivity index (χ2v) is 16.4. The molecule has 12 aromatic rings. The molecule has 0 N–H and O–H groups in total. The molecule has 0 atom stereocenters. The van der Waals surface area contributed by atoms with E-state index in [1.165, 1.54) is 76.7 Å². The van der Waals surface area contributed by atoms with Crippen LogP contribution in [0.1, 0.15) is 0 Å². The highest BCUT2D eigenvalue weighted by atomic mass is 15.1. The molecule has 0 bridgehead atoms. The lowest BCUT2D eigenvalue weighted by Gasteiger charge is -2.30. The Balaban J connectivity index is 1.06. The smallest absolute Gasteiger partial charge is 0.0541 e. The third-order valence-electron chi connectivity index (χ3n) is 12.8. The van der Waals surface area contributed by atoms with Crippen molar-refractivity contribution in [3.8, 4) is 50.2 Å². The summed E-state index contributed by atoms with van der Waals surface area (Å²) in [6.45, 7) is 0. The highest BCUT2D eigenvalue weighted by molar-refractivity contribution is 6.12. The van der Waals surface area contributed by atoms with Crippen LogP contribution < -0.4 is 4.90 Å². The van der Waals surface area contributed by atoms with Crippen molar-refractivity contribution in [2.75, 3.05) is 4.90 Å². The van der Waals surface area contributed by atoms with Crippen molar-refractivity contribution in [2.24, 2.45) is 0 Å². The number of hydrogen-bond donors (Lipinski definition) is 0. The lowest BCUT2D eigenvalue weighted by molar-refractivity contribution is 1.18. The summed E-state index contributed by atoms with van der Waals surface area (Å²) in [4.78, 5) is 2.47. The highest BCUT2D eigenvalue weighted by Crippen LogP contribution is 2.48. The first-order valence-electron chi connectivity index (χ1n) is 22.0. The van der Waals surface area contributed by atoms with E-state index in [-0.39, 0.29) is 0 Å². The van der Waals surface area contributed by atoms with Gasteiger partial charge in [0.15, 0.2) is 0 Å². The van der Waals surface area contributed by atoms with E-state index in [4.69, 9.17) is 0 Å². The van der Waals surface area contributed by atoms with Crippen LogP contribution in [-0.2, 0) is 0 Å². The Bertz CT molecular complexity index is 3600. The standard InChI is InChI=1S/C62H42N2/c1-3-18-44(19-4-1)51-25-11-14-31-59(51)64(62-41-40-54(53-26-9-10-27-55(53)62)52-30-17-23-43-22-7-8-24-49(43)52)48-38-39-50(58(42-48)45-20-5-2-6-21-45)46-34-36-47(37-35-46)63-60-32-15-12-28-56(60)57-29-13-16-33-61(57)63/h1-42H. The molecule has 64 heavy (non-hydrogen) atoms. The predicted octanol–water partition coefficient (Wildman–Crippen LogP) is 17.2. The van der Waals surface area contributed by atoms with Crippen LogP contribution in [0.3, 0.4) is 0 Å². The van der Waals surface area contributed by atoms with E-state index in [2.05, 4.69) is 264 Å². The van der Waals surface area contributed by atoms with Crippen molar-refractivity contribution in [3.05, 3.63) is 255 Å². The second-order valence-electron chi connectivity index (χ2n) is 16.4. The zero-order chi connectivity index (χ0) is 42.4. The zero-order valence-electron chi connectivity index (χ0n) is 35.1. The van der Waals surface area contributed by atoms with Crippen molar-refractivity contribution in [1.29, 1.82) is 0 Å². The first-order valence-corrected chi connectivity index (χ1v) is 22.0. The Morgan fingerprint density at radius 2 is 0.766 bits per heavy atom. The number of para-hydroxylation sites is 3. The van der Waals surface area contributed by atoms with Crippen LogP contribution in [0.4, 0.5) is 17.1 Å². The summed E-state index contributed by atoms with van der Waals surface area (Å²) in [6, 6.07) is 92.8. The third kappa shape index (κ3) is 6.35. The molecule has 0 saturated carbocycles. The molecule has 0 unspecified atom stereocenters. The summed E-state index contributed by atoms with van der Waals surface area (Å²) in [5.41, 5.74) is 16.3. The van der Waals surface area contributed by atoms with Gasteiger partial charge in [-0.3, -0.25) is 0 Å². The zero-order valence-corrected chi connectivity index (χ0v) is 35.1. The van der Waals surface area contributed by atoms with E-state index in [0.29, 0.717) is 0 Å². The van der Waals surface area contributed by atoms with E-state index in [1.54, 1.807) is 0 Å². The van der Waals surface area contributed by atoms with Gasteiger partial charge in [0.1, 0.15) is 0 Å².